The summed E-state index contributed by atoms with van der Waals surface area (Å²) < 4.78 is 7.22. The van der Waals surface area contributed by atoms with Crippen molar-refractivity contribution in [2.24, 2.45) is 7.05 Å². The Kier molecular flexibility index (Phi) is 3.51. The van der Waals surface area contributed by atoms with Crippen LogP contribution in [0.5, 0.6) is 11.6 Å². The van der Waals surface area contributed by atoms with E-state index in [2.05, 4.69) is 20.4 Å². The lowest BCUT2D eigenvalue weighted by Crippen LogP contribution is -2.03. The fourth-order valence-corrected chi connectivity index (χ4v) is 1.78. The number of nitrogens with zero attached hydrogens (tertiary/aromatic N) is 5. The maximum atomic E-state index is 11.2. The van der Waals surface area contributed by atoms with Crippen molar-refractivity contribution in [2.45, 2.75) is 13.8 Å². The van der Waals surface area contributed by atoms with Gasteiger partial charge in [0.2, 0.25) is 5.82 Å². The molecule has 0 unspecified atom stereocenters. The minimum atomic E-state index is -0.581. The molecule has 0 amide bonds. The molecule has 20 heavy (non-hydrogen) atoms. The van der Waals surface area contributed by atoms with Crippen molar-refractivity contribution in [3.8, 4) is 11.6 Å². The fraction of sp³-hybridized carbons (Fsp3) is 0.364. The van der Waals surface area contributed by atoms with Crippen LogP contribution in [0, 0.1) is 24.0 Å². The molecular formula is C11H14N6O3. The van der Waals surface area contributed by atoms with Crippen molar-refractivity contribution in [3.05, 3.63) is 27.8 Å². The average molecular weight is 278 g/mol. The van der Waals surface area contributed by atoms with E-state index >= 15 is 0 Å². The van der Waals surface area contributed by atoms with Gasteiger partial charge in [0.15, 0.2) is 5.75 Å². The van der Waals surface area contributed by atoms with Gasteiger partial charge in [0.05, 0.1) is 10.6 Å². The second-order valence-electron chi connectivity index (χ2n) is 4.11. The number of rotatable bonds is 4. The summed E-state index contributed by atoms with van der Waals surface area (Å²) in [5.74, 6) is 0.434. The van der Waals surface area contributed by atoms with Gasteiger partial charge in [0, 0.05) is 14.1 Å². The van der Waals surface area contributed by atoms with Gasteiger partial charge >= 0.3 is 11.6 Å². The van der Waals surface area contributed by atoms with Gasteiger partial charge in [-0.25, -0.2) is 4.98 Å². The second kappa shape index (κ2) is 5.11. The molecule has 9 nitrogen and oxygen atoms in total. The Morgan fingerprint density at radius 3 is 2.60 bits per heavy atom. The normalized spacial score (nSPS) is 10.4. The Morgan fingerprint density at radius 1 is 1.40 bits per heavy atom. The van der Waals surface area contributed by atoms with Gasteiger partial charge in [-0.05, 0) is 13.8 Å². The summed E-state index contributed by atoms with van der Waals surface area (Å²) in [6.07, 6.45) is 1.20. The van der Waals surface area contributed by atoms with E-state index in [0.29, 0.717) is 11.4 Å². The molecule has 2 heterocycles. The maximum absolute atomic E-state index is 11.2. The molecule has 0 aliphatic carbocycles. The number of nitrogens with one attached hydrogen (secondary N) is 1. The number of hydrogen-bond donors (Lipinski definition) is 1. The highest BCUT2D eigenvalue weighted by Crippen LogP contribution is 2.35. The van der Waals surface area contributed by atoms with Crippen molar-refractivity contribution in [3.63, 3.8) is 0 Å². The largest absolute Gasteiger partial charge is 0.430 e. The molecule has 9 heteroatoms. The van der Waals surface area contributed by atoms with E-state index in [0.717, 1.165) is 5.69 Å². The smallest absolute Gasteiger partial charge is 0.373 e. The summed E-state index contributed by atoms with van der Waals surface area (Å²) >= 11 is 0. The van der Waals surface area contributed by atoms with Gasteiger partial charge in [0.25, 0.3) is 0 Å². The summed E-state index contributed by atoms with van der Waals surface area (Å²) in [4.78, 5) is 18.2. The Bertz CT molecular complexity index is 666. The molecule has 1 N–H and O–H groups in total. The Hall–Kier alpha value is -2.71. The number of anilines is 1. The van der Waals surface area contributed by atoms with E-state index in [9.17, 15) is 10.1 Å². The molecule has 0 saturated heterocycles. The summed E-state index contributed by atoms with van der Waals surface area (Å²) in [5.41, 5.74) is 1.07. The topological polar surface area (TPSA) is 108 Å². The third-order valence-corrected chi connectivity index (χ3v) is 2.85. The van der Waals surface area contributed by atoms with Gasteiger partial charge in [-0.3, -0.25) is 14.8 Å². The van der Waals surface area contributed by atoms with Crippen LogP contribution in [-0.4, -0.2) is 31.7 Å². The Balaban J connectivity index is 2.51. The van der Waals surface area contributed by atoms with Crippen LogP contribution in [0.2, 0.25) is 0 Å². The minimum absolute atomic E-state index is 0.0965. The number of aryl methyl sites for hydroxylation is 2. The predicted molar refractivity (Wildman–Crippen MR) is 71.0 cm³/mol. The lowest BCUT2D eigenvalue weighted by molar-refractivity contribution is -0.385. The number of hydrogen-bond acceptors (Lipinski definition) is 7. The Labute approximate surface area is 114 Å². The summed E-state index contributed by atoms with van der Waals surface area (Å²) in [6, 6.07) is 0. The number of ether oxygens (including phenoxy) is 1. The van der Waals surface area contributed by atoms with E-state index < -0.39 is 4.92 Å². The SMILES string of the molecule is CNc1ncnc(Oc2c(C)nn(C)c2C)c1[N+](=O)[O-]. The minimum Gasteiger partial charge on any atom is -0.430 e. The molecule has 0 aliphatic heterocycles. The zero-order valence-corrected chi connectivity index (χ0v) is 11.5. The van der Waals surface area contributed by atoms with E-state index in [-0.39, 0.29) is 17.4 Å². The van der Waals surface area contributed by atoms with Crippen LogP contribution in [0.3, 0.4) is 0 Å². The maximum Gasteiger partial charge on any atom is 0.373 e. The highest BCUT2D eigenvalue weighted by atomic mass is 16.6. The van der Waals surface area contributed by atoms with Crippen molar-refractivity contribution in [2.75, 3.05) is 12.4 Å². The molecule has 0 radical (unpaired) electrons. The van der Waals surface area contributed by atoms with Crippen LogP contribution in [0.1, 0.15) is 11.4 Å². The van der Waals surface area contributed by atoms with Gasteiger partial charge in [-0.2, -0.15) is 10.1 Å². The first-order chi connectivity index (χ1) is 9.45. The van der Waals surface area contributed by atoms with Gasteiger partial charge in [-0.1, -0.05) is 0 Å². The zero-order valence-electron chi connectivity index (χ0n) is 11.5. The molecule has 106 valence electrons. The van der Waals surface area contributed by atoms with Crippen LogP contribution in [0.4, 0.5) is 11.5 Å². The summed E-state index contributed by atoms with van der Waals surface area (Å²) in [6.45, 7) is 3.57. The van der Waals surface area contributed by atoms with Crippen LogP contribution in [0.25, 0.3) is 0 Å². The molecule has 0 saturated carbocycles. The molecule has 0 atom stereocenters. The lowest BCUT2D eigenvalue weighted by Gasteiger charge is -2.07. The fourth-order valence-electron chi connectivity index (χ4n) is 1.78. The molecule has 2 aromatic rings. The predicted octanol–water partition coefficient (Wildman–Crippen LogP) is 1.57. The average Bonchev–Trinajstić information content (AvgIpc) is 2.64. The van der Waals surface area contributed by atoms with Crippen LogP contribution in [-0.2, 0) is 7.05 Å². The van der Waals surface area contributed by atoms with E-state index in [4.69, 9.17) is 4.74 Å². The molecule has 2 aromatic heterocycles. The van der Waals surface area contributed by atoms with Crippen LogP contribution in [0.15, 0.2) is 6.33 Å². The van der Waals surface area contributed by atoms with Crippen molar-refractivity contribution < 1.29 is 9.66 Å². The third-order valence-electron chi connectivity index (χ3n) is 2.85. The number of aromatic nitrogens is 4. The molecular weight excluding hydrogens is 264 g/mol. The van der Waals surface area contributed by atoms with E-state index in [1.165, 1.54) is 6.33 Å². The second-order valence-corrected chi connectivity index (χ2v) is 4.11. The summed E-state index contributed by atoms with van der Waals surface area (Å²) in [7, 11) is 3.31. The molecule has 0 fully saturated rings. The van der Waals surface area contributed by atoms with E-state index in [1.807, 2.05) is 0 Å². The summed E-state index contributed by atoms with van der Waals surface area (Å²) in [5, 5.41) is 18.0. The van der Waals surface area contributed by atoms with Crippen molar-refractivity contribution >= 4 is 11.5 Å². The number of nitro groups is 1. The molecule has 0 aromatic carbocycles. The quantitative estimate of drug-likeness (QED) is 0.667. The first kappa shape index (κ1) is 13.7. The van der Waals surface area contributed by atoms with Crippen molar-refractivity contribution in [1.82, 2.24) is 19.7 Å². The molecule has 0 aliphatic rings. The van der Waals surface area contributed by atoms with Gasteiger partial charge in [0.1, 0.15) is 12.0 Å². The first-order valence-electron chi connectivity index (χ1n) is 5.81. The van der Waals surface area contributed by atoms with Gasteiger partial charge in [-0.15, -0.1) is 0 Å². The standard InChI is InChI=1S/C11H14N6O3/c1-6-9(7(2)16(4)15-6)20-11-8(17(18)19)10(12-3)13-5-14-11/h5H,1-4H3,(H,12,13,14). The van der Waals surface area contributed by atoms with E-state index in [1.54, 1.807) is 32.6 Å². The Morgan fingerprint density at radius 2 is 2.10 bits per heavy atom. The van der Waals surface area contributed by atoms with Crippen LogP contribution >= 0.6 is 0 Å². The first-order valence-corrected chi connectivity index (χ1v) is 5.81. The zero-order chi connectivity index (χ0) is 14.9. The van der Waals surface area contributed by atoms with Gasteiger partial charge < -0.3 is 10.1 Å². The van der Waals surface area contributed by atoms with Crippen LogP contribution < -0.4 is 10.1 Å². The highest BCUT2D eigenvalue weighted by Gasteiger charge is 2.26. The molecule has 0 spiro atoms. The molecule has 2 rings (SSSR count). The van der Waals surface area contributed by atoms with Crippen molar-refractivity contribution in [1.29, 1.82) is 0 Å². The highest BCUT2D eigenvalue weighted by molar-refractivity contribution is 5.61. The third kappa shape index (κ3) is 2.25. The monoisotopic (exact) mass is 278 g/mol. The molecule has 0 bridgehead atoms. The lowest BCUT2D eigenvalue weighted by atomic mass is 10.3.